The molecule has 0 aromatic carbocycles. The summed E-state index contributed by atoms with van der Waals surface area (Å²) >= 11 is 0. The second kappa shape index (κ2) is 11.0. The molecular weight excluding hydrogens is 529 g/mol. The number of hydrogen-bond donors (Lipinski definition) is 1. The molecule has 5 atom stereocenters. The Morgan fingerprint density at radius 1 is 0.757 bits per heavy atom. The number of ether oxygens (including phenoxy) is 4. The smallest absolute Gasteiger partial charge is 0.462 e. The van der Waals surface area contributed by atoms with Crippen molar-refractivity contribution in [1.29, 1.82) is 0 Å². The van der Waals surface area contributed by atoms with Gasteiger partial charge in [-0.1, -0.05) is 0 Å². The highest BCUT2D eigenvalue weighted by Crippen LogP contribution is 2.35. The number of carbonyl (C=O) groups excluding carboxylic acids is 3. The molecule has 0 aromatic rings. The summed E-state index contributed by atoms with van der Waals surface area (Å²) in [5.41, 5.74) is -9.34. The molecule has 11 nitrogen and oxygen atoms in total. The van der Waals surface area contributed by atoms with Crippen LogP contribution in [0.5, 0.6) is 0 Å². The molecule has 0 spiro atoms. The van der Waals surface area contributed by atoms with Crippen molar-refractivity contribution >= 4 is 28.0 Å². The van der Waals surface area contributed by atoms with Gasteiger partial charge in [-0.25, -0.2) is 0 Å². The molecule has 0 aromatic heterocycles. The Bertz CT molecular complexity index is 956. The largest absolute Gasteiger partial charge is 0.523 e. The van der Waals surface area contributed by atoms with E-state index in [1.165, 1.54) is 62.3 Å². The zero-order chi connectivity index (χ0) is 29.4. The van der Waals surface area contributed by atoms with Gasteiger partial charge in [0.1, 0.15) is 12.7 Å². The van der Waals surface area contributed by atoms with Crippen LogP contribution in [0.4, 0.5) is 13.2 Å². The minimum atomic E-state index is -6.33. The molecule has 1 fully saturated rings. The zero-order valence-corrected chi connectivity index (χ0v) is 23.0. The average Bonchev–Trinajstić information content (AvgIpc) is 2.67. The molecule has 1 N–H and O–H groups in total. The van der Waals surface area contributed by atoms with Crippen molar-refractivity contribution in [3.8, 4) is 0 Å². The van der Waals surface area contributed by atoms with Crippen LogP contribution >= 0.6 is 0 Å². The number of halogens is 3. The van der Waals surface area contributed by atoms with E-state index in [2.05, 4.69) is 4.18 Å². The molecule has 0 saturated carbocycles. The third-order valence-electron chi connectivity index (χ3n) is 4.83. The maximum absolute atomic E-state index is 13.1. The van der Waals surface area contributed by atoms with Crippen LogP contribution in [0.25, 0.3) is 0 Å². The highest BCUT2D eigenvalue weighted by atomic mass is 32.2. The Hall–Kier alpha value is -1.97. The number of aliphatic hydroxyl groups is 1. The van der Waals surface area contributed by atoms with Crippen molar-refractivity contribution in [2.24, 2.45) is 16.2 Å². The maximum Gasteiger partial charge on any atom is 0.523 e. The van der Waals surface area contributed by atoms with E-state index >= 15 is 0 Å². The highest BCUT2D eigenvalue weighted by Gasteiger charge is 2.57. The van der Waals surface area contributed by atoms with E-state index in [1.807, 2.05) is 0 Å². The Morgan fingerprint density at radius 2 is 1.16 bits per heavy atom. The standard InChI is InChI=1S/C22H35F3O11S/c1-19(2,3)16(27)32-10-11-12(34-17(28)20(4,5)6)13(35-18(29)21(7,8)9)14(15(26)33-11)36-37(30,31)22(23,24)25/h11-15,26H,10H2,1-9H3/t11?,12-,13+,14?,15+/m1/s1. The topological polar surface area (TPSA) is 152 Å². The van der Waals surface area contributed by atoms with E-state index in [0.29, 0.717) is 0 Å². The van der Waals surface area contributed by atoms with Crippen LogP contribution < -0.4 is 0 Å². The van der Waals surface area contributed by atoms with Gasteiger partial charge in [-0.05, 0) is 62.3 Å². The molecule has 0 aliphatic carbocycles. The van der Waals surface area contributed by atoms with Crippen molar-refractivity contribution in [1.82, 2.24) is 0 Å². The summed E-state index contributed by atoms with van der Waals surface area (Å²) in [4.78, 5) is 37.7. The maximum atomic E-state index is 13.1. The average molecular weight is 565 g/mol. The van der Waals surface area contributed by atoms with Crippen LogP contribution in [0.2, 0.25) is 0 Å². The van der Waals surface area contributed by atoms with Crippen LogP contribution in [-0.4, -0.2) is 74.3 Å². The third-order valence-corrected chi connectivity index (χ3v) is 5.88. The monoisotopic (exact) mass is 564 g/mol. The van der Waals surface area contributed by atoms with Gasteiger partial charge < -0.3 is 24.1 Å². The molecule has 1 heterocycles. The lowest BCUT2D eigenvalue weighted by Crippen LogP contribution is -2.63. The summed E-state index contributed by atoms with van der Waals surface area (Å²) < 4.78 is 87.9. The Labute approximate surface area is 214 Å². The van der Waals surface area contributed by atoms with Crippen molar-refractivity contribution in [3.05, 3.63) is 0 Å². The third kappa shape index (κ3) is 8.79. The molecule has 2 unspecified atom stereocenters. The minimum Gasteiger partial charge on any atom is -0.462 e. The quantitative estimate of drug-likeness (QED) is 0.219. The molecule has 0 bridgehead atoms. The van der Waals surface area contributed by atoms with Crippen LogP contribution in [0.15, 0.2) is 0 Å². The molecular formula is C22H35F3O11S. The number of hydrogen-bond acceptors (Lipinski definition) is 11. The summed E-state index contributed by atoms with van der Waals surface area (Å²) in [5.74, 6) is -2.74. The first-order valence-corrected chi connectivity index (χ1v) is 12.6. The van der Waals surface area contributed by atoms with Crippen LogP contribution in [0.1, 0.15) is 62.3 Å². The molecule has 15 heteroatoms. The predicted octanol–water partition coefficient (Wildman–Crippen LogP) is 2.44. The molecule has 0 radical (unpaired) electrons. The molecule has 37 heavy (non-hydrogen) atoms. The Morgan fingerprint density at radius 3 is 1.54 bits per heavy atom. The summed E-state index contributed by atoms with van der Waals surface area (Å²) in [6, 6.07) is 0. The van der Waals surface area contributed by atoms with Gasteiger partial charge in [-0.15, -0.1) is 0 Å². The van der Waals surface area contributed by atoms with E-state index in [1.54, 1.807) is 0 Å². The van der Waals surface area contributed by atoms with Gasteiger partial charge in [0.2, 0.25) is 0 Å². The SMILES string of the molecule is CC(C)(C)C(=O)OCC1O[C@H](O)C(OS(=O)(=O)C(F)(F)F)[C@@H](OC(=O)C(C)(C)C)[C@@H]1OC(=O)C(C)(C)C. The van der Waals surface area contributed by atoms with Gasteiger partial charge in [-0.3, -0.25) is 18.6 Å². The fraction of sp³-hybridized carbons (Fsp3) is 0.864. The van der Waals surface area contributed by atoms with E-state index in [4.69, 9.17) is 18.9 Å². The Kier molecular flexibility index (Phi) is 9.85. The normalized spacial score (nSPS) is 25.8. The van der Waals surface area contributed by atoms with Gasteiger partial charge in [0, 0.05) is 0 Å². The van der Waals surface area contributed by atoms with Crippen molar-refractivity contribution in [3.63, 3.8) is 0 Å². The second-order valence-electron chi connectivity index (χ2n) is 11.6. The van der Waals surface area contributed by atoms with Gasteiger partial charge in [0.05, 0.1) is 16.2 Å². The number of carbonyl (C=O) groups is 3. The fourth-order valence-corrected chi connectivity index (χ4v) is 3.19. The van der Waals surface area contributed by atoms with Crippen LogP contribution in [-0.2, 0) is 47.6 Å². The summed E-state index contributed by atoms with van der Waals surface area (Å²) in [7, 11) is -6.33. The number of aliphatic hydroxyl groups excluding tert-OH is 1. The number of alkyl halides is 3. The minimum absolute atomic E-state index is 0.697. The summed E-state index contributed by atoms with van der Waals surface area (Å²) in [6.45, 7) is 12.4. The molecule has 1 aliphatic rings. The lowest BCUT2D eigenvalue weighted by atomic mass is 9.94. The number of esters is 3. The summed E-state index contributed by atoms with van der Waals surface area (Å²) in [5, 5.41) is 10.4. The van der Waals surface area contributed by atoms with Gasteiger partial charge in [0.15, 0.2) is 24.6 Å². The first-order chi connectivity index (χ1) is 16.3. The first kappa shape index (κ1) is 33.1. The fourth-order valence-electron chi connectivity index (χ4n) is 2.58. The number of rotatable bonds is 6. The highest BCUT2D eigenvalue weighted by molar-refractivity contribution is 7.87. The van der Waals surface area contributed by atoms with E-state index in [0.717, 1.165) is 0 Å². The second-order valence-corrected chi connectivity index (χ2v) is 13.2. The summed E-state index contributed by atoms with van der Waals surface area (Å²) in [6.07, 6.45) is -10.5. The molecule has 216 valence electrons. The van der Waals surface area contributed by atoms with E-state index in [9.17, 15) is 41.1 Å². The van der Waals surface area contributed by atoms with Crippen LogP contribution in [0, 0.1) is 16.2 Å². The molecule has 1 aliphatic heterocycles. The van der Waals surface area contributed by atoms with Crippen LogP contribution in [0.3, 0.4) is 0 Å². The van der Waals surface area contributed by atoms with Crippen molar-refractivity contribution < 1.29 is 64.2 Å². The predicted molar refractivity (Wildman–Crippen MR) is 120 cm³/mol. The lowest BCUT2D eigenvalue weighted by molar-refractivity contribution is -0.291. The van der Waals surface area contributed by atoms with Gasteiger partial charge >= 0.3 is 33.5 Å². The first-order valence-electron chi connectivity index (χ1n) is 11.2. The molecule has 1 saturated heterocycles. The zero-order valence-electron chi connectivity index (χ0n) is 22.2. The molecule has 1 rings (SSSR count). The van der Waals surface area contributed by atoms with Gasteiger partial charge in [0.25, 0.3) is 0 Å². The van der Waals surface area contributed by atoms with E-state index < -0.39 is 87.1 Å². The lowest BCUT2D eigenvalue weighted by Gasteiger charge is -2.44. The van der Waals surface area contributed by atoms with Gasteiger partial charge in [-0.2, -0.15) is 21.6 Å². The van der Waals surface area contributed by atoms with E-state index in [-0.39, 0.29) is 0 Å². The Balaban J connectivity index is 3.59. The van der Waals surface area contributed by atoms with Crippen molar-refractivity contribution in [2.45, 2.75) is 98.5 Å². The molecule has 0 amide bonds. The van der Waals surface area contributed by atoms with Crippen molar-refractivity contribution in [2.75, 3.05) is 6.61 Å².